The zero-order valence-corrected chi connectivity index (χ0v) is 9.19. The summed E-state index contributed by atoms with van der Waals surface area (Å²) < 4.78 is 5.10. The van der Waals surface area contributed by atoms with Crippen LogP contribution in [0.25, 0.3) is 0 Å². The molecule has 2 rings (SSSR count). The van der Waals surface area contributed by atoms with Crippen molar-refractivity contribution in [2.24, 2.45) is 0 Å². The molecule has 1 aliphatic rings. The van der Waals surface area contributed by atoms with Gasteiger partial charge in [0.05, 0.1) is 7.11 Å². The third-order valence-corrected chi connectivity index (χ3v) is 2.48. The highest BCUT2D eigenvalue weighted by molar-refractivity contribution is 5.80. The van der Waals surface area contributed by atoms with E-state index in [0.717, 1.165) is 24.3 Å². The van der Waals surface area contributed by atoms with Gasteiger partial charge in [0, 0.05) is 24.6 Å². The van der Waals surface area contributed by atoms with E-state index >= 15 is 0 Å². The van der Waals surface area contributed by atoms with Crippen LogP contribution in [-0.4, -0.2) is 24.5 Å². The van der Waals surface area contributed by atoms with Crippen molar-refractivity contribution in [2.45, 2.75) is 12.8 Å². The Morgan fingerprint density at radius 2 is 2.31 bits per heavy atom. The van der Waals surface area contributed by atoms with Gasteiger partial charge in [-0.25, -0.2) is 0 Å². The largest absolute Gasteiger partial charge is 0.497 e. The van der Waals surface area contributed by atoms with Gasteiger partial charge in [-0.1, -0.05) is 6.07 Å². The minimum absolute atomic E-state index is 0.121. The number of ether oxygens (including phenoxy) is 1. The first-order chi connectivity index (χ1) is 7.79. The van der Waals surface area contributed by atoms with Gasteiger partial charge in [0.25, 0.3) is 0 Å². The highest BCUT2D eigenvalue weighted by Gasteiger charge is 2.17. The lowest BCUT2D eigenvalue weighted by molar-refractivity contribution is -0.124. The average Bonchev–Trinajstić information content (AvgIpc) is 2.72. The zero-order valence-electron chi connectivity index (χ0n) is 9.19. The lowest BCUT2D eigenvalue weighted by Gasteiger charge is -2.03. The van der Waals surface area contributed by atoms with E-state index in [1.54, 1.807) is 12.0 Å². The van der Waals surface area contributed by atoms with E-state index in [9.17, 15) is 4.79 Å². The Labute approximate surface area is 95.0 Å². The fourth-order valence-corrected chi connectivity index (χ4v) is 1.60. The second kappa shape index (κ2) is 4.71. The molecule has 1 fully saturated rings. The molecule has 0 N–H and O–H groups in total. The maximum absolute atomic E-state index is 11.3. The Bertz CT molecular complexity index is 456. The molecule has 3 nitrogen and oxygen atoms in total. The molecular formula is C13H13NO2. The van der Waals surface area contributed by atoms with Gasteiger partial charge in [-0.05, 0) is 30.5 Å². The molecule has 0 bridgehead atoms. The van der Waals surface area contributed by atoms with Crippen LogP contribution in [0.1, 0.15) is 18.4 Å². The standard InChI is InChI=1S/C13H13NO2/c1-16-12-5-2-4-11(10-12)7-9-14-8-3-6-13(14)15/h2,4-5,10H,3,6,8H2,1H3. The number of nitrogens with zero attached hydrogens (tertiary/aromatic N) is 1. The van der Waals surface area contributed by atoms with Crippen molar-refractivity contribution < 1.29 is 9.53 Å². The molecule has 1 aliphatic heterocycles. The molecule has 0 aliphatic carbocycles. The Morgan fingerprint density at radius 1 is 1.44 bits per heavy atom. The topological polar surface area (TPSA) is 29.5 Å². The van der Waals surface area contributed by atoms with Gasteiger partial charge in [-0.2, -0.15) is 0 Å². The smallest absolute Gasteiger partial charge is 0.234 e. The quantitative estimate of drug-likeness (QED) is 0.666. The molecule has 1 aromatic carbocycles. The van der Waals surface area contributed by atoms with Crippen molar-refractivity contribution in [2.75, 3.05) is 13.7 Å². The van der Waals surface area contributed by atoms with Crippen LogP contribution in [-0.2, 0) is 4.79 Å². The van der Waals surface area contributed by atoms with Crippen molar-refractivity contribution in [3.63, 3.8) is 0 Å². The van der Waals surface area contributed by atoms with Gasteiger partial charge < -0.3 is 4.74 Å². The van der Waals surface area contributed by atoms with Gasteiger partial charge in [0.2, 0.25) is 5.91 Å². The van der Waals surface area contributed by atoms with Gasteiger partial charge in [-0.3, -0.25) is 9.69 Å². The summed E-state index contributed by atoms with van der Waals surface area (Å²) in [4.78, 5) is 12.9. The minimum atomic E-state index is 0.121. The third-order valence-electron chi connectivity index (χ3n) is 2.48. The highest BCUT2D eigenvalue weighted by atomic mass is 16.5. The minimum Gasteiger partial charge on any atom is -0.497 e. The summed E-state index contributed by atoms with van der Waals surface area (Å²) in [5, 5.41) is 0. The molecule has 0 unspecified atom stereocenters. The first-order valence-corrected chi connectivity index (χ1v) is 5.25. The van der Waals surface area contributed by atoms with E-state index in [0.29, 0.717) is 6.42 Å². The molecule has 16 heavy (non-hydrogen) atoms. The number of hydrogen-bond acceptors (Lipinski definition) is 2. The van der Waals surface area contributed by atoms with Crippen LogP contribution in [0.2, 0.25) is 0 Å². The Kier molecular flexibility index (Phi) is 3.11. The number of methoxy groups -OCH3 is 1. The number of carbonyl (C=O) groups excluding carboxylic acids is 1. The monoisotopic (exact) mass is 215 g/mol. The van der Waals surface area contributed by atoms with Gasteiger partial charge >= 0.3 is 0 Å². The number of carbonyl (C=O) groups is 1. The van der Waals surface area contributed by atoms with Crippen LogP contribution in [0.15, 0.2) is 24.3 Å². The number of amides is 1. The van der Waals surface area contributed by atoms with Crippen LogP contribution in [0, 0.1) is 12.0 Å². The molecule has 0 spiro atoms. The summed E-state index contributed by atoms with van der Waals surface area (Å²) in [6.45, 7) is 0.746. The fourth-order valence-electron chi connectivity index (χ4n) is 1.60. The van der Waals surface area contributed by atoms with Crippen molar-refractivity contribution in [1.82, 2.24) is 4.90 Å². The van der Waals surface area contributed by atoms with Crippen molar-refractivity contribution in [1.29, 1.82) is 0 Å². The van der Waals surface area contributed by atoms with Crippen LogP contribution in [0.4, 0.5) is 0 Å². The van der Waals surface area contributed by atoms with Crippen LogP contribution >= 0.6 is 0 Å². The maximum atomic E-state index is 11.3. The third kappa shape index (κ3) is 2.34. The lowest BCUT2D eigenvalue weighted by Crippen LogP contribution is -2.17. The van der Waals surface area contributed by atoms with E-state index < -0.39 is 0 Å². The van der Waals surface area contributed by atoms with Crippen molar-refractivity contribution in [3.05, 3.63) is 29.8 Å². The molecule has 1 saturated heterocycles. The van der Waals surface area contributed by atoms with Crippen LogP contribution < -0.4 is 4.74 Å². The number of rotatable bonds is 1. The molecule has 82 valence electrons. The summed E-state index contributed by atoms with van der Waals surface area (Å²) in [6, 6.07) is 10.4. The van der Waals surface area contributed by atoms with E-state index in [2.05, 4.69) is 12.0 Å². The summed E-state index contributed by atoms with van der Waals surface area (Å²) in [5.41, 5.74) is 0.860. The number of likely N-dealkylation sites (tertiary alicyclic amines) is 1. The number of benzene rings is 1. The fraction of sp³-hybridized carbons (Fsp3) is 0.308. The first-order valence-electron chi connectivity index (χ1n) is 5.25. The maximum Gasteiger partial charge on any atom is 0.234 e. The summed E-state index contributed by atoms with van der Waals surface area (Å²) >= 11 is 0. The van der Waals surface area contributed by atoms with Gasteiger partial charge in [0.1, 0.15) is 5.75 Å². The summed E-state index contributed by atoms with van der Waals surface area (Å²) in [6.07, 6.45) is 1.53. The van der Waals surface area contributed by atoms with Crippen LogP contribution in [0.5, 0.6) is 5.75 Å². The first kappa shape index (κ1) is 10.6. The van der Waals surface area contributed by atoms with Gasteiger partial charge in [0.15, 0.2) is 0 Å². The molecule has 0 radical (unpaired) electrons. The molecule has 0 aromatic heterocycles. The molecule has 1 aromatic rings. The normalized spacial score (nSPS) is 14.6. The van der Waals surface area contributed by atoms with Gasteiger partial charge in [-0.15, -0.1) is 0 Å². The molecule has 3 heteroatoms. The molecule has 0 saturated carbocycles. The Balaban J connectivity index is 2.13. The molecule has 1 amide bonds. The second-order valence-corrected chi connectivity index (χ2v) is 3.62. The van der Waals surface area contributed by atoms with Crippen molar-refractivity contribution in [3.8, 4) is 17.7 Å². The summed E-state index contributed by atoms with van der Waals surface area (Å²) in [7, 11) is 1.62. The van der Waals surface area contributed by atoms with E-state index in [-0.39, 0.29) is 5.91 Å². The predicted molar refractivity (Wildman–Crippen MR) is 60.8 cm³/mol. The van der Waals surface area contributed by atoms with E-state index in [1.165, 1.54) is 0 Å². The van der Waals surface area contributed by atoms with E-state index in [1.807, 2.05) is 24.3 Å². The highest BCUT2D eigenvalue weighted by Crippen LogP contribution is 2.12. The Morgan fingerprint density at radius 3 is 3.00 bits per heavy atom. The van der Waals surface area contributed by atoms with Crippen molar-refractivity contribution >= 4 is 5.91 Å². The number of hydrogen-bond donors (Lipinski definition) is 0. The SMILES string of the molecule is COc1cccc(C#CN2CCCC2=O)c1. The Hall–Kier alpha value is -1.95. The lowest BCUT2D eigenvalue weighted by atomic mass is 10.2. The van der Waals surface area contributed by atoms with E-state index in [4.69, 9.17) is 4.74 Å². The second-order valence-electron chi connectivity index (χ2n) is 3.62. The summed E-state index contributed by atoms with van der Waals surface area (Å²) in [5.74, 6) is 3.86. The van der Waals surface area contributed by atoms with Crippen LogP contribution in [0.3, 0.4) is 0 Å². The molecular weight excluding hydrogens is 202 g/mol. The zero-order chi connectivity index (χ0) is 11.4. The molecule has 1 heterocycles. The molecule has 0 atom stereocenters. The average molecular weight is 215 g/mol. The predicted octanol–water partition coefficient (Wildman–Crippen LogP) is 1.63.